The zero-order valence-corrected chi connectivity index (χ0v) is 11.6. The van der Waals surface area contributed by atoms with Crippen LogP contribution >= 0.6 is 0 Å². The van der Waals surface area contributed by atoms with Gasteiger partial charge < -0.3 is 5.32 Å². The Balaban J connectivity index is 1.67. The van der Waals surface area contributed by atoms with Crippen molar-refractivity contribution in [2.45, 2.75) is 45.2 Å². The van der Waals surface area contributed by atoms with Crippen molar-refractivity contribution in [1.29, 1.82) is 0 Å². The van der Waals surface area contributed by atoms with Crippen molar-refractivity contribution in [3.63, 3.8) is 0 Å². The first-order valence-corrected chi connectivity index (χ1v) is 6.99. The SMILES string of the molecule is Cc1nn(C2CCCC2)cc1CNc1cnn(C)c1. The molecule has 19 heavy (non-hydrogen) atoms. The molecular weight excluding hydrogens is 238 g/mol. The maximum Gasteiger partial charge on any atom is 0.0729 e. The van der Waals surface area contributed by atoms with Crippen LogP contribution in [0.2, 0.25) is 0 Å². The smallest absolute Gasteiger partial charge is 0.0729 e. The molecule has 2 aromatic rings. The van der Waals surface area contributed by atoms with E-state index in [9.17, 15) is 0 Å². The molecule has 0 aromatic carbocycles. The molecule has 1 N–H and O–H groups in total. The van der Waals surface area contributed by atoms with Crippen LogP contribution < -0.4 is 5.32 Å². The number of nitrogens with zero attached hydrogens (tertiary/aromatic N) is 4. The van der Waals surface area contributed by atoms with Gasteiger partial charge in [-0.05, 0) is 19.8 Å². The van der Waals surface area contributed by atoms with Gasteiger partial charge in [0.2, 0.25) is 0 Å². The Kier molecular flexibility index (Phi) is 3.27. The van der Waals surface area contributed by atoms with Crippen LogP contribution in [0.15, 0.2) is 18.6 Å². The largest absolute Gasteiger partial charge is 0.378 e. The molecule has 2 aromatic heterocycles. The first kappa shape index (κ1) is 12.3. The van der Waals surface area contributed by atoms with E-state index in [2.05, 4.69) is 33.3 Å². The van der Waals surface area contributed by atoms with Gasteiger partial charge in [0.1, 0.15) is 0 Å². The average Bonchev–Trinajstić information content (AvgIpc) is 3.07. The fourth-order valence-electron chi connectivity index (χ4n) is 2.76. The highest BCUT2D eigenvalue weighted by Gasteiger charge is 2.18. The second-order valence-corrected chi connectivity index (χ2v) is 5.41. The molecule has 5 nitrogen and oxygen atoms in total. The molecule has 0 radical (unpaired) electrons. The maximum absolute atomic E-state index is 4.67. The Labute approximate surface area is 113 Å². The quantitative estimate of drug-likeness (QED) is 0.918. The van der Waals surface area contributed by atoms with Crippen LogP contribution in [0, 0.1) is 6.92 Å². The molecule has 102 valence electrons. The summed E-state index contributed by atoms with van der Waals surface area (Å²) in [5.41, 5.74) is 3.45. The molecule has 0 bridgehead atoms. The summed E-state index contributed by atoms with van der Waals surface area (Å²) in [6.07, 6.45) is 11.3. The third-order valence-electron chi connectivity index (χ3n) is 3.90. The zero-order valence-electron chi connectivity index (χ0n) is 11.6. The van der Waals surface area contributed by atoms with Crippen molar-refractivity contribution in [2.75, 3.05) is 5.32 Å². The number of anilines is 1. The lowest BCUT2D eigenvalue weighted by Crippen LogP contribution is -2.05. The predicted molar refractivity (Wildman–Crippen MR) is 75.0 cm³/mol. The van der Waals surface area contributed by atoms with Crippen molar-refractivity contribution >= 4 is 5.69 Å². The van der Waals surface area contributed by atoms with E-state index in [0.29, 0.717) is 6.04 Å². The third-order valence-corrected chi connectivity index (χ3v) is 3.90. The van der Waals surface area contributed by atoms with Gasteiger partial charge in [-0.25, -0.2) is 0 Å². The van der Waals surface area contributed by atoms with Crippen LogP contribution in [0.25, 0.3) is 0 Å². The molecule has 2 heterocycles. The summed E-state index contributed by atoms with van der Waals surface area (Å²) < 4.78 is 3.97. The third kappa shape index (κ3) is 2.64. The van der Waals surface area contributed by atoms with Crippen LogP contribution in [-0.4, -0.2) is 19.6 Å². The topological polar surface area (TPSA) is 47.7 Å². The molecule has 5 heteroatoms. The fourth-order valence-corrected chi connectivity index (χ4v) is 2.76. The molecular formula is C14H21N5. The van der Waals surface area contributed by atoms with E-state index in [-0.39, 0.29) is 0 Å². The normalized spacial score (nSPS) is 16.1. The average molecular weight is 259 g/mol. The van der Waals surface area contributed by atoms with E-state index < -0.39 is 0 Å². The zero-order chi connectivity index (χ0) is 13.2. The van der Waals surface area contributed by atoms with Crippen LogP contribution in [-0.2, 0) is 13.6 Å². The standard InChI is InChI=1S/C14H21N5/c1-11-12(7-15-13-8-16-18(2)10-13)9-19(17-11)14-5-3-4-6-14/h8-10,14-15H,3-7H2,1-2H3. The Morgan fingerprint density at radius 2 is 2.11 bits per heavy atom. The molecule has 3 rings (SSSR count). The molecule has 1 aliphatic carbocycles. The van der Waals surface area contributed by atoms with Gasteiger partial charge in [-0.1, -0.05) is 12.8 Å². The van der Waals surface area contributed by atoms with Gasteiger partial charge in [-0.15, -0.1) is 0 Å². The molecule has 0 amide bonds. The van der Waals surface area contributed by atoms with E-state index in [1.54, 1.807) is 4.68 Å². The van der Waals surface area contributed by atoms with Crippen LogP contribution in [0.5, 0.6) is 0 Å². The molecule has 1 fully saturated rings. The molecule has 0 aliphatic heterocycles. The lowest BCUT2D eigenvalue weighted by Gasteiger charge is -2.08. The van der Waals surface area contributed by atoms with Crippen molar-refractivity contribution in [3.8, 4) is 0 Å². The first-order chi connectivity index (χ1) is 9.22. The number of hydrogen-bond donors (Lipinski definition) is 1. The summed E-state index contributed by atoms with van der Waals surface area (Å²) in [6.45, 7) is 2.90. The number of aromatic nitrogens is 4. The second-order valence-electron chi connectivity index (χ2n) is 5.41. The lowest BCUT2D eigenvalue weighted by molar-refractivity contribution is 0.464. The Morgan fingerprint density at radius 3 is 2.79 bits per heavy atom. The highest BCUT2D eigenvalue weighted by Crippen LogP contribution is 2.29. The Morgan fingerprint density at radius 1 is 1.32 bits per heavy atom. The van der Waals surface area contributed by atoms with Gasteiger partial charge in [-0.3, -0.25) is 9.36 Å². The van der Waals surface area contributed by atoms with Gasteiger partial charge in [0, 0.05) is 31.5 Å². The Hall–Kier alpha value is -1.78. The molecule has 0 atom stereocenters. The molecule has 0 unspecified atom stereocenters. The van der Waals surface area contributed by atoms with Crippen molar-refractivity contribution in [2.24, 2.45) is 7.05 Å². The number of aryl methyl sites for hydroxylation is 2. The van der Waals surface area contributed by atoms with Crippen molar-refractivity contribution in [1.82, 2.24) is 19.6 Å². The highest BCUT2D eigenvalue weighted by atomic mass is 15.3. The molecule has 1 aliphatic rings. The van der Waals surface area contributed by atoms with Gasteiger partial charge in [0.25, 0.3) is 0 Å². The number of rotatable bonds is 4. The number of nitrogens with one attached hydrogen (secondary N) is 1. The van der Waals surface area contributed by atoms with Gasteiger partial charge in [-0.2, -0.15) is 10.2 Å². The Bertz CT molecular complexity index is 548. The molecule has 0 saturated heterocycles. The van der Waals surface area contributed by atoms with Crippen LogP contribution in [0.4, 0.5) is 5.69 Å². The van der Waals surface area contributed by atoms with E-state index in [1.807, 2.05) is 19.4 Å². The lowest BCUT2D eigenvalue weighted by atomic mass is 10.2. The summed E-state index contributed by atoms with van der Waals surface area (Å²) in [5, 5.41) is 12.2. The summed E-state index contributed by atoms with van der Waals surface area (Å²) in [5.74, 6) is 0. The van der Waals surface area contributed by atoms with E-state index in [0.717, 1.165) is 17.9 Å². The minimum absolute atomic E-state index is 0.617. The molecule has 1 saturated carbocycles. The number of hydrogen-bond acceptors (Lipinski definition) is 3. The van der Waals surface area contributed by atoms with Crippen LogP contribution in [0.1, 0.15) is 43.0 Å². The summed E-state index contributed by atoms with van der Waals surface area (Å²) in [6, 6.07) is 0.617. The van der Waals surface area contributed by atoms with Crippen molar-refractivity contribution < 1.29 is 0 Å². The van der Waals surface area contributed by atoms with Crippen LogP contribution in [0.3, 0.4) is 0 Å². The van der Waals surface area contributed by atoms with Gasteiger partial charge in [0.15, 0.2) is 0 Å². The minimum Gasteiger partial charge on any atom is -0.378 e. The van der Waals surface area contributed by atoms with E-state index >= 15 is 0 Å². The summed E-state index contributed by atoms with van der Waals surface area (Å²) in [4.78, 5) is 0. The second kappa shape index (κ2) is 5.07. The van der Waals surface area contributed by atoms with Gasteiger partial charge in [0.05, 0.1) is 23.6 Å². The summed E-state index contributed by atoms with van der Waals surface area (Å²) >= 11 is 0. The predicted octanol–water partition coefficient (Wildman–Crippen LogP) is 2.65. The molecule has 0 spiro atoms. The van der Waals surface area contributed by atoms with Gasteiger partial charge >= 0.3 is 0 Å². The maximum atomic E-state index is 4.67. The minimum atomic E-state index is 0.617. The summed E-state index contributed by atoms with van der Waals surface area (Å²) in [7, 11) is 1.93. The highest BCUT2D eigenvalue weighted by molar-refractivity contribution is 5.39. The van der Waals surface area contributed by atoms with E-state index in [1.165, 1.54) is 31.2 Å². The van der Waals surface area contributed by atoms with E-state index in [4.69, 9.17) is 0 Å². The monoisotopic (exact) mass is 259 g/mol. The fraction of sp³-hybridized carbons (Fsp3) is 0.571. The van der Waals surface area contributed by atoms with Crippen molar-refractivity contribution in [3.05, 3.63) is 29.8 Å². The first-order valence-electron chi connectivity index (χ1n) is 6.99.